The van der Waals surface area contributed by atoms with Crippen molar-refractivity contribution in [1.29, 1.82) is 0 Å². The second-order valence-electron chi connectivity index (χ2n) is 6.22. The quantitative estimate of drug-likeness (QED) is 0.719. The van der Waals surface area contributed by atoms with Gasteiger partial charge in [-0.15, -0.1) is 0 Å². The summed E-state index contributed by atoms with van der Waals surface area (Å²) >= 11 is 3.40. The molecule has 0 bridgehead atoms. The number of benzene rings is 2. The summed E-state index contributed by atoms with van der Waals surface area (Å²) in [6.45, 7) is 2.24. The van der Waals surface area contributed by atoms with Crippen LogP contribution in [0.15, 0.2) is 59.1 Å². The third kappa shape index (κ3) is 3.99. The summed E-state index contributed by atoms with van der Waals surface area (Å²) in [5.41, 5.74) is 2.04. The second kappa shape index (κ2) is 7.93. The summed E-state index contributed by atoms with van der Waals surface area (Å²) in [5, 5.41) is 0. The SMILES string of the molecule is CC(C(=O)N1C(Cc2ccccc2)COC1C=O)c1ccc(Br)cc1. The Labute approximate surface area is 155 Å². The van der Waals surface area contributed by atoms with E-state index in [9.17, 15) is 9.59 Å². The number of carbonyl (C=O) groups excluding carboxylic acids is 2. The number of halogens is 1. The Morgan fingerprint density at radius 3 is 2.56 bits per heavy atom. The van der Waals surface area contributed by atoms with Crippen LogP contribution in [0, 0.1) is 0 Å². The van der Waals surface area contributed by atoms with Gasteiger partial charge in [-0.1, -0.05) is 58.4 Å². The maximum atomic E-state index is 13.1. The molecule has 0 saturated carbocycles. The molecular weight excluding hydrogens is 382 g/mol. The van der Waals surface area contributed by atoms with E-state index in [4.69, 9.17) is 4.74 Å². The van der Waals surface area contributed by atoms with Crippen molar-refractivity contribution in [3.05, 3.63) is 70.2 Å². The molecule has 1 amide bonds. The lowest BCUT2D eigenvalue weighted by atomic mass is 9.98. The Balaban J connectivity index is 1.80. The summed E-state index contributed by atoms with van der Waals surface area (Å²) in [6.07, 6.45) is 0.570. The lowest BCUT2D eigenvalue weighted by Crippen LogP contribution is -2.45. The molecule has 4 nitrogen and oxygen atoms in total. The van der Waals surface area contributed by atoms with E-state index < -0.39 is 6.23 Å². The maximum Gasteiger partial charge on any atom is 0.232 e. The fourth-order valence-corrected chi connectivity index (χ4v) is 3.41. The van der Waals surface area contributed by atoms with Crippen molar-refractivity contribution in [3.8, 4) is 0 Å². The fourth-order valence-electron chi connectivity index (χ4n) is 3.15. The molecule has 1 heterocycles. The van der Waals surface area contributed by atoms with Crippen LogP contribution < -0.4 is 0 Å². The molecule has 25 heavy (non-hydrogen) atoms. The number of aldehydes is 1. The molecule has 1 fully saturated rings. The number of amides is 1. The number of rotatable bonds is 5. The van der Waals surface area contributed by atoms with Gasteiger partial charge in [0.2, 0.25) is 5.91 Å². The van der Waals surface area contributed by atoms with E-state index in [-0.39, 0.29) is 17.9 Å². The first-order valence-electron chi connectivity index (χ1n) is 8.28. The topological polar surface area (TPSA) is 46.6 Å². The van der Waals surface area contributed by atoms with E-state index in [0.29, 0.717) is 19.3 Å². The van der Waals surface area contributed by atoms with Crippen molar-refractivity contribution in [2.75, 3.05) is 6.61 Å². The average molecular weight is 402 g/mol. The van der Waals surface area contributed by atoms with Crippen molar-refractivity contribution in [1.82, 2.24) is 4.90 Å². The summed E-state index contributed by atoms with van der Waals surface area (Å²) in [7, 11) is 0. The van der Waals surface area contributed by atoms with Crippen molar-refractivity contribution in [3.63, 3.8) is 0 Å². The second-order valence-corrected chi connectivity index (χ2v) is 7.14. The molecule has 3 atom stereocenters. The Hall–Kier alpha value is -1.98. The van der Waals surface area contributed by atoms with Gasteiger partial charge >= 0.3 is 0 Å². The maximum absolute atomic E-state index is 13.1. The van der Waals surface area contributed by atoms with Crippen molar-refractivity contribution in [2.45, 2.75) is 31.5 Å². The van der Waals surface area contributed by atoms with Gasteiger partial charge in [-0.05, 0) is 36.6 Å². The Morgan fingerprint density at radius 2 is 1.92 bits per heavy atom. The highest BCUT2D eigenvalue weighted by atomic mass is 79.9. The highest BCUT2D eigenvalue weighted by molar-refractivity contribution is 9.10. The summed E-state index contributed by atoms with van der Waals surface area (Å²) in [5.74, 6) is -0.423. The molecule has 1 aliphatic rings. The molecule has 1 aliphatic heterocycles. The van der Waals surface area contributed by atoms with Crippen LogP contribution in [0.2, 0.25) is 0 Å². The number of nitrogens with zero attached hydrogens (tertiary/aromatic N) is 1. The third-order valence-corrected chi connectivity index (χ3v) is 5.08. The molecule has 5 heteroatoms. The van der Waals surface area contributed by atoms with E-state index in [1.54, 1.807) is 4.90 Å². The van der Waals surface area contributed by atoms with Crippen molar-refractivity contribution >= 4 is 28.1 Å². The molecule has 0 aromatic heterocycles. The third-order valence-electron chi connectivity index (χ3n) is 4.55. The fraction of sp³-hybridized carbons (Fsp3) is 0.300. The molecule has 0 aliphatic carbocycles. The minimum atomic E-state index is -0.806. The van der Waals surface area contributed by atoms with E-state index in [0.717, 1.165) is 15.6 Å². The molecule has 1 saturated heterocycles. The Morgan fingerprint density at radius 1 is 1.24 bits per heavy atom. The molecule has 2 aromatic rings. The molecule has 3 unspecified atom stereocenters. The van der Waals surface area contributed by atoms with Gasteiger partial charge < -0.3 is 9.64 Å². The lowest BCUT2D eigenvalue weighted by molar-refractivity contribution is -0.143. The molecule has 130 valence electrons. The smallest absolute Gasteiger partial charge is 0.232 e. The first kappa shape index (κ1) is 17.8. The van der Waals surface area contributed by atoms with Crippen LogP contribution in [-0.2, 0) is 20.7 Å². The molecule has 3 rings (SSSR count). The van der Waals surface area contributed by atoms with Crippen LogP contribution in [0.4, 0.5) is 0 Å². The molecule has 0 radical (unpaired) electrons. The van der Waals surface area contributed by atoms with Crippen molar-refractivity contribution < 1.29 is 14.3 Å². The standard InChI is InChI=1S/C20H20BrNO3/c1-14(16-7-9-17(21)10-8-16)20(24)22-18(13-25-19(22)12-23)11-15-5-3-2-4-6-15/h2-10,12,14,18-19H,11,13H2,1H3. The van der Waals surface area contributed by atoms with E-state index >= 15 is 0 Å². The molecular formula is C20H20BrNO3. The van der Waals surface area contributed by atoms with Gasteiger partial charge in [0.25, 0.3) is 0 Å². The predicted molar refractivity (Wildman–Crippen MR) is 99.1 cm³/mol. The predicted octanol–water partition coefficient (Wildman–Crippen LogP) is 3.55. The van der Waals surface area contributed by atoms with Crippen molar-refractivity contribution in [2.24, 2.45) is 0 Å². The van der Waals surface area contributed by atoms with Gasteiger partial charge in [0.05, 0.1) is 18.6 Å². The average Bonchev–Trinajstić information content (AvgIpc) is 3.04. The van der Waals surface area contributed by atoms with E-state index in [2.05, 4.69) is 15.9 Å². The molecule has 0 spiro atoms. The zero-order valence-corrected chi connectivity index (χ0v) is 15.6. The van der Waals surface area contributed by atoms with Crippen LogP contribution in [-0.4, -0.2) is 36.0 Å². The number of hydrogen-bond donors (Lipinski definition) is 0. The Kier molecular flexibility index (Phi) is 5.66. The van der Waals surface area contributed by atoms with Crippen LogP contribution in [0.1, 0.15) is 24.0 Å². The largest absolute Gasteiger partial charge is 0.349 e. The van der Waals surface area contributed by atoms with Gasteiger partial charge in [-0.2, -0.15) is 0 Å². The number of ether oxygens (including phenoxy) is 1. The highest BCUT2D eigenvalue weighted by Gasteiger charge is 2.39. The van der Waals surface area contributed by atoms with E-state index in [1.165, 1.54) is 0 Å². The minimum absolute atomic E-state index is 0.0853. The van der Waals surface area contributed by atoms with Gasteiger partial charge in [0.15, 0.2) is 12.5 Å². The number of hydrogen-bond acceptors (Lipinski definition) is 3. The normalized spacial score (nSPS) is 21.1. The van der Waals surface area contributed by atoms with Gasteiger partial charge in [0, 0.05) is 4.47 Å². The first-order valence-corrected chi connectivity index (χ1v) is 9.08. The van der Waals surface area contributed by atoms with Crippen LogP contribution in [0.3, 0.4) is 0 Å². The summed E-state index contributed by atoms with van der Waals surface area (Å²) in [4.78, 5) is 26.1. The Bertz CT molecular complexity index is 732. The highest BCUT2D eigenvalue weighted by Crippen LogP contribution is 2.27. The van der Waals surface area contributed by atoms with Crippen LogP contribution in [0.5, 0.6) is 0 Å². The lowest BCUT2D eigenvalue weighted by Gasteiger charge is -2.28. The van der Waals surface area contributed by atoms with E-state index in [1.807, 2.05) is 61.5 Å². The minimum Gasteiger partial charge on any atom is -0.349 e. The van der Waals surface area contributed by atoms with Crippen LogP contribution in [0.25, 0.3) is 0 Å². The van der Waals surface area contributed by atoms with Gasteiger partial charge in [-0.3, -0.25) is 9.59 Å². The van der Waals surface area contributed by atoms with Gasteiger partial charge in [-0.25, -0.2) is 0 Å². The monoisotopic (exact) mass is 401 g/mol. The zero-order valence-electron chi connectivity index (χ0n) is 14.0. The van der Waals surface area contributed by atoms with Gasteiger partial charge in [0.1, 0.15) is 0 Å². The van der Waals surface area contributed by atoms with Crippen LogP contribution >= 0.6 is 15.9 Å². The summed E-state index contributed by atoms with van der Waals surface area (Å²) in [6, 6.07) is 17.5. The number of carbonyl (C=O) groups is 2. The summed E-state index contributed by atoms with van der Waals surface area (Å²) < 4.78 is 6.52. The molecule has 0 N–H and O–H groups in total. The first-order chi connectivity index (χ1) is 12.1. The zero-order chi connectivity index (χ0) is 17.8. The molecule has 2 aromatic carbocycles.